The monoisotopic (exact) mass is 540 g/mol. The molecule has 0 bridgehead atoms. The van der Waals surface area contributed by atoms with Crippen molar-refractivity contribution in [1.82, 2.24) is 0 Å². The number of hydrogen-bond donors (Lipinski definition) is 5. The summed E-state index contributed by atoms with van der Waals surface area (Å²) in [5.41, 5.74) is -5.54. The van der Waals surface area contributed by atoms with Gasteiger partial charge in [-0.15, -0.1) is 0 Å². The highest BCUT2D eigenvalue weighted by Crippen LogP contribution is 2.43. The maximum atomic E-state index is 14.2. The minimum Gasteiger partial charge on any atom is -0.394 e. The third kappa shape index (κ3) is 6.07. The Labute approximate surface area is 234 Å². The Morgan fingerprint density at radius 2 is 0.950 bits per heavy atom. The van der Waals surface area contributed by atoms with Gasteiger partial charge in [0.25, 0.3) is 0 Å². The van der Waals surface area contributed by atoms with Crippen LogP contribution in [0.5, 0.6) is 0 Å². The Hall–Kier alpha value is -3.65. The highest BCUT2D eigenvalue weighted by Gasteiger charge is 2.66. The second kappa shape index (κ2) is 12.7. The molecular formula is C34H36O6. The maximum Gasteiger partial charge on any atom is 0.172 e. The first-order valence-corrected chi connectivity index (χ1v) is 13.4. The van der Waals surface area contributed by atoms with Crippen molar-refractivity contribution in [2.75, 3.05) is 6.61 Å². The smallest absolute Gasteiger partial charge is 0.172 e. The van der Waals surface area contributed by atoms with Gasteiger partial charge in [0.1, 0.15) is 17.3 Å². The molecule has 0 saturated heterocycles. The number of carbonyl (C=O) groups excluding carboxylic acids is 1. The van der Waals surface area contributed by atoms with Gasteiger partial charge in [-0.25, -0.2) is 0 Å². The van der Waals surface area contributed by atoms with Gasteiger partial charge in [-0.05, 0) is 22.3 Å². The Bertz CT molecular complexity index is 1350. The van der Waals surface area contributed by atoms with Gasteiger partial charge in [0.15, 0.2) is 11.4 Å². The summed E-state index contributed by atoms with van der Waals surface area (Å²) in [6.45, 7) is -0.908. The first kappa shape index (κ1) is 29.3. The molecule has 5 N–H and O–H groups in total. The average molecular weight is 541 g/mol. The van der Waals surface area contributed by atoms with Crippen LogP contribution in [0.15, 0.2) is 121 Å². The summed E-state index contributed by atoms with van der Waals surface area (Å²) in [7, 11) is 0. The van der Waals surface area contributed by atoms with Crippen LogP contribution >= 0.6 is 0 Å². The van der Waals surface area contributed by atoms with Crippen molar-refractivity contribution in [2.24, 2.45) is 0 Å². The topological polar surface area (TPSA) is 118 Å². The molecule has 0 amide bonds. The summed E-state index contributed by atoms with van der Waals surface area (Å²) in [6.07, 6.45) is -3.17. The van der Waals surface area contributed by atoms with Gasteiger partial charge in [0, 0.05) is 25.7 Å². The van der Waals surface area contributed by atoms with E-state index in [0.717, 1.165) is 0 Å². The molecule has 0 aromatic heterocycles. The summed E-state index contributed by atoms with van der Waals surface area (Å²) in [5.74, 6) is -0.724. The van der Waals surface area contributed by atoms with Crippen molar-refractivity contribution in [1.29, 1.82) is 0 Å². The maximum absolute atomic E-state index is 14.2. The first-order valence-electron chi connectivity index (χ1n) is 13.4. The van der Waals surface area contributed by atoms with Gasteiger partial charge < -0.3 is 25.5 Å². The molecule has 0 heterocycles. The Morgan fingerprint density at radius 1 is 0.575 bits per heavy atom. The van der Waals surface area contributed by atoms with Crippen LogP contribution in [-0.4, -0.2) is 60.8 Å². The van der Waals surface area contributed by atoms with E-state index < -0.39 is 35.3 Å². The quantitative estimate of drug-likeness (QED) is 0.178. The van der Waals surface area contributed by atoms with E-state index in [1.165, 1.54) is 0 Å². The van der Waals surface area contributed by atoms with Gasteiger partial charge in [0.05, 0.1) is 6.61 Å². The summed E-state index contributed by atoms with van der Waals surface area (Å²) in [6, 6.07) is 35.0. The number of Topliss-reactive ketones (excluding diaryl/α,β-unsaturated/α-hetero) is 1. The number of rotatable bonds is 13. The number of aliphatic hydroxyl groups excluding tert-OH is 2. The van der Waals surface area contributed by atoms with Crippen LogP contribution in [0.1, 0.15) is 22.3 Å². The Balaban J connectivity index is 1.94. The fourth-order valence-corrected chi connectivity index (χ4v) is 5.44. The van der Waals surface area contributed by atoms with Crippen LogP contribution in [0.4, 0.5) is 0 Å². The van der Waals surface area contributed by atoms with Crippen molar-refractivity contribution < 1.29 is 30.3 Å². The minimum absolute atomic E-state index is 0.224. The van der Waals surface area contributed by atoms with Crippen molar-refractivity contribution in [3.63, 3.8) is 0 Å². The third-order valence-corrected chi connectivity index (χ3v) is 7.72. The highest BCUT2D eigenvalue weighted by atomic mass is 16.4. The lowest BCUT2D eigenvalue weighted by molar-refractivity contribution is -0.269. The van der Waals surface area contributed by atoms with E-state index in [0.29, 0.717) is 22.3 Å². The molecule has 0 fully saturated rings. The zero-order chi connectivity index (χ0) is 28.6. The standard InChI is InChI=1S/C34H36O6/c35-25-31(37)33(39,23-28-17-9-3-10-18-28)34(40,24-29-19-11-4-12-20-29)32(38,22-27-15-7-2-8-16-27)30(36)21-26-13-5-1-6-14-26/h1-20,31,35,37-40H,21-25H2/t31-,32-,33-,34-/m1/s1. The zero-order valence-corrected chi connectivity index (χ0v) is 22.3. The van der Waals surface area contributed by atoms with Crippen LogP contribution in [0.25, 0.3) is 0 Å². The molecule has 4 rings (SSSR count). The Kier molecular flexibility index (Phi) is 9.30. The fourth-order valence-electron chi connectivity index (χ4n) is 5.44. The van der Waals surface area contributed by atoms with Crippen LogP contribution in [0.3, 0.4) is 0 Å². The second-order valence-electron chi connectivity index (χ2n) is 10.4. The number of hydrogen-bond acceptors (Lipinski definition) is 6. The zero-order valence-electron chi connectivity index (χ0n) is 22.3. The second-order valence-corrected chi connectivity index (χ2v) is 10.4. The average Bonchev–Trinajstić information content (AvgIpc) is 2.98. The molecule has 0 saturated carbocycles. The van der Waals surface area contributed by atoms with E-state index >= 15 is 0 Å². The molecule has 40 heavy (non-hydrogen) atoms. The summed E-state index contributed by atoms with van der Waals surface area (Å²) < 4.78 is 0. The molecule has 0 radical (unpaired) electrons. The van der Waals surface area contributed by atoms with Crippen LogP contribution in [0.2, 0.25) is 0 Å². The molecule has 208 valence electrons. The van der Waals surface area contributed by atoms with Crippen LogP contribution < -0.4 is 0 Å². The van der Waals surface area contributed by atoms with Crippen molar-refractivity contribution >= 4 is 5.78 Å². The molecule has 6 heteroatoms. The van der Waals surface area contributed by atoms with Gasteiger partial charge in [-0.2, -0.15) is 0 Å². The first-order chi connectivity index (χ1) is 19.2. The molecular weight excluding hydrogens is 504 g/mol. The highest BCUT2D eigenvalue weighted by molar-refractivity contribution is 5.91. The predicted octanol–water partition coefficient (Wildman–Crippen LogP) is 3.07. The Morgan fingerprint density at radius 3 is 1.38 bits per heavy atom. The molecule has 4 aromatic rings. The third-order valence-electron chi connectivity index (χ3n) is 7.72. The molecule has 6 nitrogen and oxygen atoms in total. The molecule has 0 aliphatic heterocycles. The number of ketones is 1. The van der Waals surface area contributed by atoms with Gasteiger partial charge >= 0.3 is 0 Å². The molecule has 0 unspecified atom stereocenters. The van der Waals surface area contributed by atoms with Crippen molar-refractivity contribution in [3.8, 4) is 0 Å². The van der Waals surface area contributed by atoms with E-state index in [-0.39, 0.29) is 25.7 Å². The lowest BCUT2D eigenvalue weighted by atomic mass is 9.60. The molecule has 4 atom stereocenters. The van der Waals surface area contributed by atoms with E-state index in [9.17, 15) is 30.3 Å². The lowest BCUT2D eigenvalue weighted by Gasteiger charge is -2.53. The summed E-state index contributed by atoms with van der Waals surface area (Å²) in [4.78, 5) is 14.2. The fraction of sp³-hybridized carbons (Fsp3) is 0.265. The summed E-state index contributed by atoms with van der Waals surface area (Å²) in [5, 5.41) is 59.0. The van der Waals surface area contributed by atoms with Crippen LogP contribution in [-0.2, 0) is 30.5 Å². The van der Waals surface area contributed by atoms with E-state index in [1.807, 2.05) is 6.07 Å². The molecule has 0 spiro atoms. The van der Waals surface area contributed by atoms with Gasteiger partial charge in [-0.3, -0.25) is 4.79 Å². The van der Waals surface area contributed by atoms with Crippen LogP contribution in [0, 0.1) is 0 Å². The van der Waals surface area contributed by atoms with E-state index in [2.05, 4.69) is 0 Å². The van der Waals surface area contributed by atoms with E-state index in [4.69, 9.17) is 0 Å². The minimum atomic E-state index is -2.65. The molecule has 4 aromatic carbocycles. The lowest BCUT2D eigenvalue weighted by Crippen LogP contribution is -2.77. The summed E-state index contributed by atoms with van der Waals surface area (Å²) >= 11 is 0. The number of aliphatic hydroxyl groups is 5. The van der Waals surface area contributed by atoms with Crippen molar-refractivity contribution in [3.05, 3.63) is 144 Å². The molecule has 0 aliphatic rings. The largest absolute Gasteiger partial charge is 0.394 e. The molecule has 0 aliphatic carbocycles. The van der Waals surface area contributed by atoms with Gasteiger partial charge in [-0.1, -0.05) is 121 Å². The number of benzene rings is 4. The number of carbonyl (C=O) groups is 1. The van der Waals surface area contributed by atoms with Gasteiger partial charge in [0.2, 0.25) is 0 Å². The normalized spacial score (nSPS) is 16.7. The SMILES string of the molecule is O=C(Cc1ccccc1)[C@](O)(Cc1ccccc1)[C@](O)(Cc1ccccc1)[C@@](O)(Cc1ccccc1)[C@H](O)CO. The predicted molar refractivity (Wildman–Crippen MR) is 154 cm³/mol. The van der Waals surface area contributed by atoms with E-state index in [1.54, 1.807) is 115 Å². The van der Waals surface area contributed by atoms with Crippen molar-refractivity contribution in [2.45, 2.75) is 48.6 Å².